The number of nitrogens with zero attached hydrogens (tertiary/aromatic N) is 1. The van der Waals surface area contributed by atoms with Gasteiger partial charge in [-0.3, -0.25) is 10.1 Å². The monoisotopic (exact) mass is 319 g/mol. The molecule has 0 heterocycles. The van der Waals surface area contributed by atoms with Crippen molar-refractivity contribution < 1.29 is 15.1 Å². The van der Waals surface area contributed by atoms with Gasteiger partial charge in [0.05, 0.1) is 11.0 Å². The molecule has 0 aromatic heterocycles. The Morgan fingerprint density at radius 2 is 2.14 bits per heavy atom. The lowest BCUT2D eigenvalue weighted by Gasteiger charge is -2.10. The molecule has 0 bridgehead atoms. The fraction of sp³-hybridized carbons (Fsp3) is 0.538. The Balaban J connectivity index is 0.00000400. The molecular weight excluding hydrogens is 298 g/mol. The topological polar surface area (TPSA) is 108 Å². The maximum atomic E-state index is 11.0. The highest BCUT2D eigenvalue weighted by Gasteiger charge is 2.14. The Hall–Kier alpha value is -1.41. The lowest BCUT2D eigenvalue weighted by atomic mass is 10.1. The van der Waals surface area contributed by atoms with Gasteiger partial charge in [-0.2, -0.15) is 0 Å². The third-order valence-corrected chi connectivity index (χ3v) is 2.69. The van der Waals surface area contributed by atoms with E-state index >= 15 is 0 Å². The molecule has 21 heavy (non-hydrogen) atoms. The predicted molar refractivity (Wildman–Crippen MR) is 83.9 cm³/mol. The van der Waals surface area contributed by atoms with Gasteiger partial charge in [0.1, 0.15) is 5.69 Å². The summed E-state index contributed by atoms with van der Waals surface area (Å²) in [4.78, 5) is 10.6. The highest BCUT2D eigenvalue weighted by atomic mass is 35.5. The van der Waals surface area contributed by atoms with E-state index in [0.717, 1.165) is 5.56 Å². The average Bonchev–Trinajstić information content (AvgIpc) is 2.41. The van der Waals surface area contributed by atoms with E-state index in [2.05, 4.69) is 10.6 Å². The zero-order valence-electron chi connectivity index (χ0n) is 11.9. The molecule has 0 aliphatic rings. The standard InChI is InChI=1S/C13H21N3O4.ClH/c1-10(18)8-15-12-4-3-11(7-13(12)16(19)20)9-14-5-2-6-17;/h3-4,7,10,14-15,17-18H,2,5-6,8-9H2,1H3;1H. The first-order valence-corrected chi connectivity index (χ1v) is 6.55. The van der Waals surface area contributed by atoms with Gasteiger partial charge in [-0.05, 0) is 31.5 Å². The summed E-state index contributed by atoms with van der Waals surface area (Å²) < 4.78 is 0. The minimum Gasteiger partial charge on any atom is -0.396 e. The largest absolute Gasteiger partial charge is 0.396 e. The molecule has 0 fully saturated rings. The summed E-state index contributed by atoms with van der Waals surface area (Å²) in [7, 11) is 0. The van der Waals surface area contributed by atoms with Crippen molar-refractivity contribution in [2.45, 2.75) is 26.0 Å². The van der Waals surface area contributed by atoms with Crippen LogP contribution in [0.4, 0.5) is 11.4 Å². The quantitative estimate of drug-likeness (QED) is 0.310. The van der Waals surface area contributed by atoms with Crippen LogP contribution in [0.1, 0.15) is 18.9 Å². The molecule has 8 heteroatoms. The average molecular weight is 320 g/mol. The van der Waals surface area contributed by atoms with Crippen molar-refractivity contribution in [3.8, 4) is 0 Å². The van der Waals surface area contributed by atoms with E-state index in [-0.39, 0.29) is 31.2 Å². The number of benzene rings is 1. The number of rotatable bonds is 9. The zero-order chi connectivity index (χ0) is 15.0. The van der Waals surface area contributed by atoms with Gasteiger partial charge in [0.25, 0.3) is 5.69 Å². The van der Waals surface area contributed by atoms with Gasteiger partial charge in [-0.1, -0.05) is 6.07 Å². The molecule has 1 unspecified atom stereocenters. The van der Waals surface area contributed by atoms with E-state index in [0.29, 0.717) is 25.2 Å². The fourth-order valence-corrected chi connectivity index (χ4v) is 1.68. The van der Waals surface area contributed by atoms with Crippen LogP contribution in [0.2, 0.25) is 0 Å². The number of nitro benzene ring substituents is 1. The molecule has 120 valence electrons. The zero-order valence-corrected chi connectivity index (χ0v) is 12.7. The summed E-state index contributed by atoms with van der Waals surface area (Å²) in [5.74, 6) is 0. The van der Waals surface area contributed by atoms with E-state index in [4.69, 9.17) is 5.11 Å². The number of aliphatic hydroxyl groups excluding tert-OH is 2. The van der Waals surface area contributed by atoms with Crippen LogP contribution >= 0.6 is 12.4 Å². The van der Waals surface area contributed by atoms with Crippen molar-refractivity contribution in [3.63, 3.8) is 0 Å². The summed E-state index contributed by atoms with van der Waals surface area (Å²) in [5, 5.41) is 34.9. The molecule has 0 aliphatic carbocycles. The van der Waals surface area contributed by atoms with Crippen LogP contribution in [0.15, 0.2) is 18.2 Å². The van der Waals surface area contributed by atoms with Crippen LogP contribution in [0.5, 0.6) is 0 Å². The summed E-state index contributed by atoms with van der Waals surface area (Å²) in [6, 6.07) is 4.95. The lowest BCUT2D eigenvalue weighted by molar-refractivity contribution is -0.384. The number of halogens is 1. The van der Waals surface area contributed by atoms with Crippen molar-refractivity contribution >= 4 is 23.8 Å². The summed E-state index contributed by atoms with van der Waals surface area (Å²) in [6.07, 6.45) is 0.0743. The number of hydrogen-bond acceptors (Lipinski definition) is 6. The normalized spacial score (nSPS) is 11.6. The molecule has 1 aromatic carbocycles. The maximum absolute atomic E-state index is 11.0. The third-order valence-electron chi connectivity index (χ3n) is 2.69. The highest BCUT2D eigenvalue weighted by molar-refractivity contribution is 5.85. The Kier molecular flexibility index (Phi) is 9.64. The lowest BCUT2D eigenvalue weighted by Crippen LogP contribution is -2.17. The van der Waals surface area contributed by atoms with Gasteiger partial charge in [-0.15, -0.1) is 12.4 Å². The molecule has 1 aromatic rings. The predicted octanol–water partition coefficient (Wildman–Crippen LogP) is 1.28. The molecule has 4 N–H and O–H groups in total. The van der Waals surface area contributed by atoms with Crippen molar-refractivity contribution in [2.24, 2.45) is 0 Å². The van der Waals surface area contributed by atoms with Crippen LogP contribution < -0.4 is 10.6 Å². The molecule has 0 saturated heterocycles. The molecule has 1 atom stereocenters. The van der Waals surface area contributed by atoms with Crippen molar-refractivity contribution in [3.05, 3.63) is 33.9 Å². The van der Waals surface area contributed by atoms with Gasteiger partial charge < -0.3 is 20.8 Å². The smallest absolute Gasteiger partial charge is 0.292 e. The summed E-state index contributed by atoms with van der Waals surface area (Å²) in [5.41, 5.74) is 1.19. The van der Waals surface area contributed by atoms with Crippen LogP contribution in [0, 0.1) is 10.1 Å². The summed E-state index contributed by atoms with van der Waals surface area (Å²) >= 11 is 0. The van der Waals surface area contributed by atoms with Crippen molar-refractivity contribution in [1.29, 1.82) is 0 Å². The molecule has 0 spiro atoms. The minimum absolute atomic E-state index is 0. The number of anilines is 1. The Bertz CT molecular complexity index is 443. The maximum Gasteiger partial charge on any atom is 0.292 e. The van der Waals surface area contributed by atoms with E-state index in [1.807, 2.05) is 0 Å². The van der Waals surface area contributed by atoms with Gasteiger partial charge in [0.15, 0.2) is 0 Å². The van der Waals surface area contributed by atoms with Crippen LogP contribution in [0.25, 0.3) is 0 Å². The van der Waals surface area contributed by atoms with Crippen LogP contribution in [-0.4, -0.2) is 40.9 Å². The molecular formula is C13H22ClN3O4. The minimum atomic E-state index is -0.575. The summed E-state index contributed by atoms with van der Waals surface area (Å²) in [6.45, 7) is 3.16. The SMILES string of the molecule is CC(O)CNc1ccc(CNCCCO)cc1[N+](=O)[O-].Cl. The number of nitro groups is 1. The number of aliphatic hydroxyl groups is 2. The van der Waals surface area contributed by atoms with Crippen LogP contribution in [-0.2, 0) is 6.54 Å². The molecule has 1 rings (SSSR count). The van der Waals surface area contributed by atoms with E-state index in [1.54, 1.807) is 19.1 Å². The van der Waals surface area contributed by atoms with Gasteiger partial charge in [0, 0.05) is 25.8 Å². The second kappa shape index (κ2) is 10.3. The van der Waals surface area contributed by atoms with Crippen LogP contribution in [0.3, 0.4) is 0 Å². The number of hydrogen-bond donors (Lipinski definition) is 4. The Morgan fingerprint density at radius 3 is 2.71 bits per heavy atom. The first-order valence-electron chi connectivity index (χ1n) is 6.55. The molecule has 0 aliphatic heterocycles. The third kappa shape index (κ3) is 7.24. The fourth-order valence-electron chi connectivity index (χ4n) is 1.68. The second-order valence-corrected chi connectivity index (χ2v) is 4.59. The first kappa shape index (κ1) is 19.6. The van der Waals surface area contributed by atoms with Gasteiger partial charge in [-0.25, -0.2) is 0 Å². The molecule has 0 amide bonds. The van der Waals surface area contributed by atoms with Gasteiger partial charge >= 0.3 is 0 Å². The number of nitrogens with one attached hydrogen (secondary N) is 2. The van der Waals surface area contributed by atoms with Gasteiger partial charge in [0.2, 0.25) is 0 Å². The van der Waals surface area contributed by atoms with Crippen molar-refractivity contribution in [2.75, 3.05) is 25.0 Å². The Labute approximate surface area is 129 Å². The van der Waals surface area contributed by atoms with Crippen molar-refractivity contribution in [1.82, 2.24) is 5.32 Å². The first-order chi connectivity index (χ1) is 9.54. The highest BCUT2D eigenvalue weighted by Crippen LogP contribution is 2.25. The van der Waals surface area contributed by atoms with E-state index in [1.165, 1.54) is 6.07 Å². The molecule has 7 nitrogen and oxygen atoms in total. The Morgan fingerprint density at radius 1 is 1.43 bits per heavy atom. The molecule has 0 radical (unpaired) electrons. The second-order valence-electron chi connectivity index (χ2n) is 4.59. The van der Waals surface area contributed by atoms with E-state index in [9.17, 15) is 15.2 Å². The van der Waals surface area contributed by atoms with E-state index < -0.39 is 11.0 Å². The molecule has 0 saturated carbocycles.